The van der Waals surface area contributed by atoms with E-state index in [2.05, 4.69) is 26.6 Å². The van der Waals surface area contributed by atoms with Gasteiger partial charge in [-0.2, -0.15) is 0 Å². The first kappa shape index (κ1) is 11.2. The summed E-state index contributed by atoms with van der Waals surface area (Å²) in [7, 11) is 0. The summed E-state index contributed by atoms with van der Waals surface area (Å²) in [4.78, 5) is 32.9. The molecule has 0 spiro atoms. The zero-order valence-electron chi connectivity index (χ0n) is 7.67. The molecule has 0 aromatic heterocycles. The fourth-order valence-electron chi connectivity index (χ4n) is 1.12. The minimum absolute atomic E-state index is 0.250. The Labute approximate surface area is 89.7 Å². The van der Waals surface area contributed by atoms with Crippen molar-refractivity contribution in [2.75, 3.05) is 0 Å². The largest absolute Gasteiger partial charge is 0.343 e. The van der Waals surface area contributed by atoms with E-state index in [-0.39, 0.29) is 23.1 Å². The van der Waals surface area contributed by atoms with E-state index >= 15 is 0 Å². The average molecular weight is 263 g/mol. The lowest BCUT2D eigenvalue weighted by molar-refractivity contribution is -0.137. The Morgan fingerprint density at radius 1 is 1.64 bits per heavy atom. The molecule has 14 heavy (non-hydrogen) atoms. The Morgan fingerprint density at radius 2 is 2.29 bits per heavy atom. The highest BCUT2D eigenvalue weighted by atomic mass is 79.9. The van der Waals surface area contributed by atoms with Crippen LogP contribution in [-0.2, 0) is 14.4 Å². The summed E-state index contributed by atoms with van der Waals surface area (Å²) in [5, 5.41) is 4.70. The van der Waals surface area contributed by atoms with E-state index in [9.17, 15) is 14.4 Å². The van der Waals surface area contributed by atoms with Crippen molar-refractivity contribution in [3.8, 4) is 0 Å². The molecule has 6 heteroatoms. The van der Waals surface area contributed by atoms with E-state index in [0.717, 1.165) is 0 Å². The maximum atomic E-state index is 11.2. The van der Waals surface area contributed by atoms with Crippen LogP contribution in [0.1, 0.15) is 19.8 Å². The zero-order valence-corrected chi connectivity index (χ0v) is 9.26. The number of halogens is 1. The smallest absolute Gasteiger partial charge is 0.249 e. The van der Waals surface area contributed by atoms with Crippen LogP contribution < -0.4 is 10.6 Å². The van der Waals surface area contributed by atoms with E-state index in [4.69, 9.17) is 0 Å². The zero-order chi connectivity index (χ0) is 10.7. The normalized spacial score (nSPS) is 24.0. The summed E-state index contributed by atoms with van der Waals surface area (Å²) in [6.07, 6.45) is 0.642. The van der Waals surface area contributed by atoms with E-state index in [1.807, 2.05) is 0 Å². The van der Waals surface area contributed by atoms with Gasteiger partial charge in [0.1, 0.15) is 6.04 Å². The van der Waals surface area contributed by atoms with Crippen LogP contribution in [-0.4, -0.2) is 28.6 Å². The van der Waals surface area contributed by atoms with Crippen molar-refractivity contribution >= 4 is 33.7 Å². The van der Waals surface area contributed by atoms with Gasteiger partial charge in [-0.3, -0.25) is 19.7 Å². The number of carbonyl (C=O) groups is 3. The Balaban J connectivity index is 2.49. The molecular formula is C8H11BrN2O3. The van der Waals surface area contributed by atoms with Gasteiger partial charge in [-0.25, -0.2) is 0 Å². The van der Waals surface area contributed by atoms with Crippen molar-refractivity contribution in [1.82, 2.24) is 10.6 Å². The number of rotatable bonds is 2. The Kier molecular flexibility index (Phi) is 3.62. The number of alkyl halides is 1. The van der Waals surface area contributed by atoms with E-state index in [1.54, 1.807) is 6.92 Å². The lowest BCUT2D eigenvalue weighted by Crippen LogP contribution is -2.53. The van der Waals surface area contributed by atoms with Crippen LogP contribution in [0, 0.1) is 0 Å². The maximum absolute atomic E-state index is 11.2. The third-order valence-electron chi connectivity index (χ3n) is 1.92. The molecule has 0 bridgehead atoms. The SMILES string of the molecule is CC(Br)C(=O)NC1CCC(=O)NC1=O. The first-order chi connectivity index (χ1) is 6.50. The molecule has 1 saturated heterocycles. The molecule has 78 valence electrons. The molecule has 0 saturated carbocycles. The van der Waals surface area contributed by atoms with Crippen LogP contribution in [0.4, 0.5) is 0 Å². The van der Waals surface area contributed by atoms with E-state index < -0.39 is 11.9 Å². The van der Waals surface area contributed by atoms with Crippen molar-refractivity contribution in [2.45, 2.75) is 30.6 Å². The van der Waals surface area contributed by atoms with Crippen molar-refractivity contribution in [3.05, 3.63) is 0 Å². The van der Waals surface area contributed by atoms with Gasteiger partial charge in [-0.15, -0.1) is 0 Å². The van der Waals surface area contributed by atoms with Crippen LogP contribution in [0.5, 0.6) is 0 Å². The summed E-state index contributed by atoms with van der Waals surface area (Å²) in [5.74, 6) is -0.963. The minimum Gasteiger partial charge on any atom is -0.343 e. The number of amides is 3. The molecule has 3 amide bonds. The molecule has 2 unspecified atom stereocenters. The molecule has 0 aromatic rings. The van der Waals surface area contributed by atoms with Crippen LogP contribution in [0.25, 0.3) is 0 Å². The molecule has 2 atom stereocenters. The van der Waals surface area contributed by atoms with Gasteiger partial charge in [-0.1, -0.05) is 15.9 Å². The molecule has 1 aliphatic heterocycles. The number of hydrogen-bond donors (Lipinski definition) is 2. The van der Waals surface area contributed by atoms with Gasteiger partial charge in [0.15, 0.2) is 0 Å². The Morgan fingerprint density at radius 3 is 2.79 bits per heavy atom. The van der Waals surface area contributed by atoms with Crippen LogP contribution in [0.3, 0.4) is 0 Å². The standard InChI is InChI=1S/C8H11BrN2O3/c1-4(9)7(13)10-5-2-3-6(12)11-8(5)14/h4-5H,2-3H2,1H3,(H,10,13)(H,11,12,14). The lowest BCUT2D eigenvalue weighted by Gasteiger charge is -2.22. The third-order valence-corrected chi connectivity index (χ3v) is 2.33. The van der Waals surface area contributed by atoms with Crippen LogP contribution in [0.15, 0.2) is 0 Å². The third kappa shape index (κ3) is 2.80. The molecule has 0 aliphatic carbocycles. The maximum Gasteiger partial charge on any atom is 0.249 e. The van der Waals surface area contributed by atoms with E-state index in [1.165, 1.54) is 0 Å². The van der Waals surface area contributed by atoms with Gasteiger partial charge in [0.05, 0.1) is 4.83 Å². The predicted molar refractivity (Wildman–Crippen MR) is 52.7 cm³/mol. The molecule has 0 aromatic carbocycles. The number of piperidine rings is 1. The minimum atomic E-state index is -0.583. The number of carbonyl (C=O) groups excluding carboxylic acids is 3. The van der Waals surface area contributed by atoms with Crippen LogP contribution >= 0.6 is 15.9 Å². The summed E-state index contributed by atoms with van der Waals surface area (Å²) in [5.41, 5.74) is 0. The Bertz CT molecular complexity index is 278. The fraction of sp³-hybridized carbons (Fsp3) is 0.625. The van der Waals surface area contributed by atoms with Gasteiger partial charge in [0, 0.05) is 6.42 Å². The Hall–Kier alpha value is -0.910. The van der Waals surface area contributed by atoms with Gasteiger partial charge >= 0.3 is 0 Å². The van der Waals surface area contributed by atoms with E-state index in [0.29, 0.717) is 6.42 Å². The molecule has 1 heterocycles. The number of imide groups is 1. The summed E-state index contributed by atoms with van der Waals surface area (Å²) in [6.45, 7) is 1.67. The topological polar surface area (TPSA) is 75.3 Å². The number of nitrogens with one attached hydrogen (secondary N) is 2. The van der Waals surface area contributed by atoms with Crippen molar-refractivity contribution in [3.63, 3.8) is 0 Å². The lowest BCUT2D eigenvalue weighted by atomic mass is 10.1. The van der Waals surface area contributed by atoms with Gasteiger partial charge in [0.25, 0.3) is 0 Å². The van der Waals surface area contributed by atoms with Crippen LogP contribution in [0.2, 0.25) is 0 Å². The predicted octanol–water partition coefficient (Wildman–Crippen LogP) is -0.309. The highest BCUT2D eigenvalue weighted by molar-refractivity contribution is 9.10. The highest BCUT2D eigenvalue weighted by Gasteiger charge is 2.28. The molecule has 1 rings (SSSR count). The first-order valence-electron chi connectivity index (χ1n) is 4.29. The molecule has 1 aliphatic rings. The molecule has 2 N–H and O–H groups in total. The number of hydrogen-bond acceptors (Lipinski definition) is 3. The molecule has 5 nitrogen and oxygen atoms in total. The van der Waals surface area contributed by atoms with Gasteiger partial charge in [-0.05, 0) is 13.3 Å². The summed E-state index contributed by atoms with van der Waals surface area (Å²) >= 11 is 3.09. The molecule has 1 fully saturated rings. The average Bonchev–Trinajstić information content (AvgIpc) is 2.09. The fourth-order valence-corrected chi connectivity index (χ4v) is 1.25. The first-order valence-corrected chi connectivity index (χ1v) is 5.20. The van der Waals surface area contributed by atoms with Gasteiger partial charge < -0.3 is 5.32 Å². The summed E-state index contributed by atoms with van der Waals surface area (Å²) in [6, 6.07) is -0.583. The van der Waals surface area contributed by atoms with Crippen molar-refractivity contribution in [2.24, 2.45) is 0 Å². The monoisotopic (exact) mass is 262 g/mol. The van der Waals surface area contributed by atoms with Gasteiger partial charge in [0.2, 0.25) is 17.7 Å². The molecule has 0 radical (unpaired) electrons. The molecular weight excluding hydrogens is 252 g/mol. The quantitative estimate of drug-likeness (QED) is 0.530. The van der Waals surface area contributed by atoms with Crippen molar-refractivity contribution < 1.29 is 14.4 Å². The highest BCUT2D eigenvalue weighted by Crippen LogP contribution is 2.06. The second-order valence-corrected chi connectivity index (χ2v) is 4.50. The van der Waals surface area contributed by atoms with Crippen molar-refractivity contribution in [1.29, 1.82) is 0 Å². The second kappa shape index (κ2) is 4.54. The second-order valence-electron chi connectivity index (χ2n) is 3.13. The summed E-state index contributed by atoms with van der Waals surface area (Å²) < 4.78 is 0.